The highest BCUT2D eigenvalue weighted by molar-refractivity contribution is 5.95. The standard InChI is InChI=1S/C14H19N3O3/c1-5-11-7-12(16(9-15)10(3)18)8-13(14(11)20-4)17(19)6-2/h7-8,19H,5-6H2,1-4H3. The number of benzene rings is 1. The molecule has 108 valence electrons. The fourth-order valence-electron chi connectivity index (χ4n) is 1.96. The summed E-state index contributed by atoms with van der Waals surface area (Å²) in [4.78, 5) is 12.5. The topological polar surface area (TPSA) is 76.8 Å². The highest BCUT2D eigenvalue weighted by atomic mass is 16.5. The summed E-state index contributed by atoms with van der Waals surface area (Å²) >= 11 is 0. The van der Waals surface area contributed by atoms with Crippen LogP contribution in [0.5, 0.6) is 5.75 Å². The van der Waals surface area contributed by atoms with Crippen molar-refractivity contribution in [3.05, 3.63) is 17.7 Å². The molecule has 0 spiro atoms. The van der Waals surface area contributed by atoms with Gasteiger partial charge in [-0.15, -0.1) is 0 Å². The van der Waals surface area contributed by atoms with Crippen molar-refractivity contribution in [2.24, 2.45) is 0 Å². The molecular weight excluding hydrogens is 258 g/mol. The Balaban J connectivity index is 3.50. The van der Waals surface area contributed by atoms with Crippen molar-refractivity contribution in [3.8, 4) is 11.9 Å². The molecule has 0 aromatic heterocycles. The third-order valence-electron chi connectivity index (χ3n) is 2.97. The van der Waals surface area contributed by atoms with Crippen LogP contribution in [0.4, 0.5) is 11.4 Å². The third kappa shape index (κ3) is 3.00. The summed E-state index contributed by atoms with van der Waals surface area (Å²) < 4.78 is 5.33. The van der Waals surface area contributed by atoms with E-state index in [1.807, 2.05) is 13.1 Å². The molecule has 0 aliphatic carbocycles. The number of ether oxygens (including phenoxy) is 1. The summed E-state index contributed by atoms with van der Waals surface area (Å²) in [5, 5.41) is 20.0. The average Bonchev–Trinajstić information content (AvgIpc) is 2.45. The van der Waals surface area contributed by atoms with Crippen LogP contribution in [0.1, 0.15) is 26.3 Å². The maximum atomic E-state index is 11.5. The first-order valence-electron chi connectivity index (χ1n) is 6.37. The Morgan fingerprint density at radius 1 is 1.45 bits per heavy atom. The molecule has 20 heavy (non-hydrogen) atoms. The number of hydrogen-bond donors (Lipinski definition) is 1. The number of aryl methyl sites for hydroxylation is 1. The number of rotatable bonds is 5. The van der Waals surface area contributed by atoms with Crippen molar-refractivity contribution >= 4 is 17.3 Å². The van der Waals surface area contributed by atoms with Crippen LogP contribution in [0.3, 0.4) is 0 Å². The molecule has 0 saturated heterocycles. The Hall–Kier alpha value is -2.26. The van der Waals surface area contributed by atoms with Crippen molar-refractivity contribution in [1.82, 2.24) is 0 Å². The summed E-state index contributed by atoms with van der Waals surface area (Å²) in [6.07, 6.45) is 2.49. The third-order valence-corrected chi connectivity index (χ3v) is 2.97. The van der Waals surface area contributed by atoms with Gasteiger partial charge in [0.2, 0.25) is 5.91 Å². The predicted molar refractivity (Wildman–Crippen MR) is 76.0 cm³/mol. The van der Waals surface area contributed by atoms with Crippen LogP contribution >= 0.6 is 0 Å². The average molecular weight is 277 g/mol. The first kappa shape index (κ1) is 15.8. The first-order valence-corrected chi connectivity index (χ1v) is 6.37. The molecule has 1 aromatic carbocycles. The summed E-state index contributed by atoms with van der Waals surface area (Å²) in [6.45, 7) is 5.39. The van der Waals surface area contributed by atoms with Gasteiger partial charge in [0.25, 0.3) is 0 Å². The second kappa shape index (κ2) is 6.78. The number of carbonyl (C=O) groups excluding carboxylic acids is 1. The van der Waals surface area contributed by atoms with E-state index in [-0.39, 0.29) is 5.91 Å². The normalized spacial score (nSPS) is 9.80. The number of nitrogens with zero attached hydrogens (tertiary/aromatic N) is 3. The number of hydroxylamine groups is 1. The summed E-state index contributed by atoms with van der Waals surface area (Å²) in [6, 6.07) is 3.28. The van der Waals surface area contributed by atoms with E-state index >= 15 is 0 Å². The van der Waals surface area contributed by atoms with E-state index < -0.39 is 0 Å². The fraction of sp³-hybridized carbons (Fsp3) is 0.429. The second-order valence-electron chi connectivity index (χ2n) is 4.18. The number of nitriles is 1. The number of hydrogen-bond acceptors (Lipinski definition) is 5. The molecular formula is C14H19N3O3. The Kier molecular flexibility index (Phi) is 5.35. The molecule has 0 fully saturated rings. The number of amides is 1. The first-order chi connectivity index (χ1) is 9.49. The Morgan fingerprint density at radius 2 is 2.10 bits per heavy atom. The van der Waals surface area contributed by atoms with E-state index in [1.165, 1.54) is 14.0 Å². The number of anilines is 2. The lowest BCUT2D eigenvalue weighted by atomic mass is 10.1. The van der Waals surface area contributed by atoms with Gasteiger partial charge in [0.05, 0.1) is 12.8 Å². The predicted octanol–water partition coefficient (Wildman–Crippen LogP) is 2.31. The number of methoxy groups -OCH3 is 1. The Labute approximate surface area is 118 Å². The Bertz CT molecular complexity index is 537. The molecule has 0 bridgehead atoms. The van der Waals surface area contributed by atoms with Crippen molar-refractivity contribution in [1.29, 1.82) is 5.26 Å². The lowest BCUT2D eigenvalue weighted by molar-refractivity contribution is -0.115. The van der Waals surface area contributed by atoms with Crippen molar-refractivity contribution in [2.45, 2.75) is 27.2 Å². The van der Waals surface area contributed by atoms with Gasteiger partial charge in [0.1, 0.15) is 11.4 Å². The molecule has 0 aliphatic rings. The van der Waals surface area contributed by atoms with Crippen LogP contribution in [0.15, 0.2) is 12.1 Å². The minimum atomic E-state index is -0.383. The largest absolute Gasteiger partial charge is 0.494 e. The van der Waals surface area contributed by atoms with Crippen LogP contribution in [-0.2, 0) is 11.2 Å². The lowest BCUT2D eigenvalue weighted by Crippen LogP contribution is -2.24. The van der Waals surface area contributed by atoms with Crippen molar-refractivity contribution in [2.75, 3.05) is 23.6 Å². The molecule has 0 heterocycles. The van der Waals surface area contributed by atoms with Crippen LogP contribution in [0.2, 0.25) is 0 Å². The van der Waals surface area contributed by atoms with E-state index in [9.17, 15) is 10.0 Å². The molecule has 0 radical (unpaired) electrons. The van der Waals surface area contributed by atoms with Gasteiger partial charge in [-0.3, -0.25) is 15.1 Å². The van der Waals surface area contributed by atoms with E-state index in [4.69, 9.17) is 10.00 Å². The smallest absolute Gasteiger partial charge is 0.237 e. The highest BCUT2D eigenvalue weighted by Gasteiger charge is 2.19. The van der Waals surface area contributed by atoms with Gasteiger partial charge in [0.15, 0.2) is 6.19 Å². The van der Waals surface area contributed by atoms with Gasteiger partial charge in [-0.1, -0.05) is 6.92 Å². The van der Waals surface area contributed by atoms with E-state index in [2.05, 4.69) is 0 Å². The molecule has 0 saturated carbocycles. The maximum absolute atomic E-state index is 11.5. The fourth-order valence-corrected chi connectivity index (χ4v) is 1.96. The minimum absolute atomic E-state index is 0.357. The van der Waals surface area contributed by atoms with Gasteiger partial charge >= 0.3 is 0 Å². The molecule has 0 aliphatic heterocycles. The SMILES string of the molecule is CCc1cc(N(C#N)C(C)=O)cc(N(O)CC)c1OC. The van der Waals surface area contributed by atoms with Crippen LogP contribution < -0.4 is 14.7 Å². The molecule has 1 N–H and O–H groups in total. The highest BCUT2D eigenvalue weighted by Crippen LogP contribution is 2.36. The second-order valence-corrected chi connectivity index (χ2v) is 4.18. The molecule has 0 unspecified atom stereocenters. The molecule has 1 rings (SSSR count). The van der Waals surface area contributed by atoms with Crippen LogP contribution in [-0.4, -0.2) is 24.8 Å². The Morgan fingerprint density at radius 3 is 2.50 bits per heavy atom. The van der Waals surface area contributed by atoms with E-state index in [0.717, 1.165) is 15.5 Å². The van der Waals surface area contributed by atoms with Crippen molar-refractivity contribution < 1.29 is 14.7 Å². The minimum Gasteiger partial charge on any atom is -0.494 e. The number of carbonyl (C=O) groups is 1. The van der Waals surface area contributed by atoms with Gasteiger partial charge in [-0.05, 0) is 31.0 Å². The molecule has 6 nitrogen and oxygen atoms in total. The summed E-state index contributed by atoms with van der Waals surface area (Å²) in [5.74, 6) is 0.161. The van der Waals surface area contributed by atoms with E-state index in [1.54, 1.807) is 19.1 Å². The van der Waals surface area contributed by atoms with Crippen molar-refractivity contribution in [3.63, 3.8) is 0 Å². The lowest BCUT2D eigenvalue weighted by Gasteiger charge is -2.22. The zero-order chi connectivity index (χ0) is 15.3. The molecule has 1 aromatic rings. The molecule has 0 atom stereocenters. The zero-order valence-corrected chi connectivity index (χ0v) is 12.2. The summed E-state index contributed by atoms with van der Waals surface area (Å²) in [5.41, 5.74) is 1.67. The molecule has 1 amide bonds. The maximum Gasteiger partial charge on any atom is 0.237 e. The van der Waals surface area contributed by atoms with Gasteiger partial charge < -0.3 is 4.74 Å². The van der Waals surface area contributed by atoms with Gasteiger partial charge in [-0.25, -0.2) is 4.90 Å². The van der Waals surface area contributed by atoms with Gasteiger partial charge in [-0.2, -0.15) is 5.26 Å². The monoisotopic (exact) mass is 277 g/mol. The van der Waals surface area contributed by atoms with Gasteiger partial charge in [0, 0.05) is 13.5 Å². The van der Waals surface area contributed by atoms with E-state index in [0.29, 0.717) is 30.1 Å². The quantitative estimate of drug-likeness (QED) is 0.507. The zero-order valence-electron chi connectivity index (χ0n) is 12.2. The van der Waals surface area contributed by atoms with Crippen LogP contribution in [0.25, 0.3) is 0 Å². The summed E-state index contributed by atoms with van der Waals surface area (Å²) in [7, 11) is 1.52. The van der Waals surface area contributed by atoms with Crippen LogP contribution in [0, 0.1) is 11.5 Å². The molecule has 6 heteroatoms.